The van der Waals surface area contributed by atoms with Gasteiger partial charge in [-0.1, -0.05) is 19.3 Å². The van der Waals surface area contributed by atoms with E-state index in [1.54, 1.807) is 12.1 Å². The molecule has 0 bridgehead atoms. The quantitative estimate of drug-likeness (QED) is 0.716. The molecule has 0 aliphatic heterocycles. The van der Waals surface area contributed by atoms with Gasteiger partial charge in [0, 0.05) is 18.5 Å². The van der Waals surface area contributed by atoms with Crippen LogP contribution < -0.4 is 5.32 Å². The minimum Gasteiger partial charge on any atom is -0.478 e. The average Bonchev–Trinajstić information content (AvgIpc) is 3.08. The summed E-state index contributed by atoms with van der Waals surface area (Å²) in [5.41, 5.74) is 2.77. The SMILES string of the molecule is CCn1ncc2c(NCC3CCCCC3)c3ccc(C(=O)O)cc3nc21. The summed E-state index contributed by atoms with van der Waals surface area (Å²) in [7, 11) is 0. The largest absolute Gasteiger partial charge is 0.478 e. The Morgan fingerprint density at radius 3 is 2.81 bits per heavy atom. The molecule has 1 aliphatic carbocycles. The Kier molecular flexibility index (Phi) is 4.49. The van der Waals surface area contributed by atoms with Crippen LogP contribution >= 0.6 is 0 Å². The predicted molar refractivity (Wildman–Crippen MR) is 103 cm³/mol. The third-order valence-electron chi connectivity index (χ3n) is 5.41. The van der Waals surface area contributed by atoms with E-state index in [9.17, 15) is 9.90 Å². The topological polar surface area (TPSA) is 80.0 Å². The lowest BCUT2D eigenvalue weighted by molar-refractivity contribution is 0.0697. The summed E-state index contributed by atoms with van der Waals surface area (Å²) < 4.78 is 1.86. The molecular weight excluding hydrogens is 328 g/mol. The van der Waals surface area contributed by atoms with Crippen molar-refractivity contribution in [3.63, 3.8) is 0 Å². The number of aryl methyl sites for hydroxylation is 1. The van der Waals surface area contributed by atoms with Crippen molar-refractivity contribution in [1.82, 2.24) is 14.8 Å². The smallest absolute Gasteiger partial charge is 0.335 e. The van der Waals surface area contributed by atoms with Gasteiger partial charge in [0.15, 0.2) is 5.65 Å². The van der Waals surface area contributed by atoms with Gasteiger partial charge in [0.05, 0.1) is 28.4 Å². The fourth-order valence-corrected chi connectivity index (χ4v) is 3.96. The van der Waals surface area contributed by atoms with Gasteiger partial charge in [-0.25, -0.2) is 14.5 Å². The first kappa shape index (κ1) is 16.8. The number of carboxylic acid groups (broad SMARTS) is 1. The Labute approximate surface area is 152 Å². The van der Waals surface area contributed by atoms with Crippen LogP contribution in [0.2, 0.25) is 0 Å². The fourth-order valence-electron chi connectivity index (χ4n) is 3.96. The molecular formula is C20H24N4O2. The monoisotopic (exact) mass is 352 g/mol. The van der Waals surface area contributed by atoms with Crippen molar-refractivity contribution in [3.05, 3.63) is 30.0 Å². The summed E-state index contributed by atoms with van der Waals surface area (Å²) >= 11 is 0. The highest BCUT2D eigenvalue weighted by molar-refractivity contribution is 6.07. The van der Waals surface area contributed by atoms with Gasteiger partial charge >= 0.3 is 5.97 Å². The zero-order valence-corrected chi connectivity index (χ0v) is 15.0. The standard InChI is InChI=1S/C20H24N4O2/c1-2-24-19-16(12-22-24)18(21-11-13-6-4-3-5-7-13)15-9-8-14(20(25)26)10-17(15)23-19/h8-10,12-13H,2-7,11H2,1H3,(H,21,23)(H,25,26). The molecule has 0 saturated heterocycles. The molecule has 2 aromatic heterocycles. The summed E-state index contributed by atoms with van der Waals surface area (Å²) in [6.45, 7) is 3.69. The van der Waals surface area contributed by atoms with Crippen LogP contribution in [0.15, 0.2) is 24.4 Å². The van der Waals surface area contributed by atoms with E-state index in [4.69, 9.17) is 4.98 Å². The second-order valence-electron chi connectivity index (χ2n) is 7.11. The zero-order valence-electron chi connectivity index (χ0n) is 15.0. The molecule has 3 aromatic rings. The number of pyridine rings is 1. The van der Waals surface area contributed by atoms with Gasteiger partial charge < -0.3 is 10.4 Å². The molecule has 6 heteroatoms. The number of aromatic nitrogens is 3. The Morgan fingerprint density at radius 1 is 1.27 bits per heavy atom. The van der Waals surface area contributed by atoms with Crippen molar-refractivity contribution in [1.29, 1.82) is 0 Å². The molecule has 4 rings (SSSR count). The van der Waals surface area contributed by atoms with Crippen LogP contribution in [0.4, 0.5) is 5.69 Å². The predicted octanol–water partition coefficient (Wildman–Crippen LogP) is 4.29. The molecule has 2 N–H and O–H groups in total. The van der Waals surface area contributed by atoms with E-state index in [1.165, 1.54) is 32.1 Å². The van der Waals surface area contributed by atoms with Crippen LogP contribution in [0, 0.1) is 5.92 Å². The van der Waals surface area contributed by atoms with Gasteiger partial charge in [-0.15, -0.1) is 0 Å². The molecule has 0 amide bonds. The van der Waals surface area contributed by atoms with E-state index in [1.807, 2.05) is 23.9 Å². The molecule has 0 radical (unpaired) electrons. The molecule has 0 atom stereocenters. The Hall–Kier alpha value is -2.63. The molecule has 136 valence electrons. The van der Waals surface area contributed by atoms with Crippen molar-refractivity contribution in [3.8, 4) is 0 Å². The Bertz CT molecular complexity index is 957. The summed E-state index contributed by atoms with van der Waals surface area (Å²) in [6, 6.07) is 5.15. The van der Waals surface area contributed by atoms with Gasteiger partial charge in [-0.05, 0) is 43.9 Å². The number of carbonyl (C=O) groups is 1. The minimum absolute atomic E-state index is 0.255. The maximum atomic E-state index is 11.3. The number of anilines is 1. The van der Waals surface area contributed by atoms with Gasteiger partial charge in [-0.3, -0.25) is 0 Å². The molecule has 2 heterocycles. The third kappa shape index (κ3) is 3.00. The maximum Gasteiger partial charge on any atom is 0.335 e. The first-order valence-electron chi connectivity index (χ1n) is 9.44. The van der Waals surface area contributed by atoms with Gasteiger partial charge in [0.1, 0.15) is 0 Å². The van der Waals surface area contributed by atoms with Crippen molar-refractivity contribution in [2.75, 3.05) is 11.9 Å². The zero-order chi connectivity index (χ0) is 18.1. The number of hydrogen-bond acceptors (Lipinski definition) is 4. The summed E-state index contributed by atoms with van der Waals surface area (Å²) in [6.07, 6.45) is 8.38. The van der Waals surface area contributed by atoms with Crippen LogP contribution in [0.1, 0.15) is 49.4 Å². The second kappa shape index (κ2) is 6.94. The summed E-state index contributed by atoms with van der Waals surface area (Å²) in [4.78, 5) is 16.0. The lowest BCUT2D eigenvalue weighted by atomic mass is 9.89. The number of rotatable bonds is 5. The van der Waals surface area contributed by atoms with E-state index in [0.29, 0.717) is 11.4 Å². The molecule has 26 heavy (non-hydrogen) atoms. The number of carboxylic acids is 1. The first-order valence-corrected chi connectivity index (χ1v) is 9.44. The van der Waals surface area contributed by atoms with Crippen LogP contribution in [0.25, 0.3) is 21.9 Å². The molecule has 1 fully saturated rings. The third-order valence-corrected chi connectivity index (χ3v) is 5.41. The lowest BCUT2D eigenvalue weighted by Crippen LogP contribution is -2.17. The number of fused-ring (bicyclic) bond motifs is 2. The number of nitrogens with one attached hydrogen (secondary N) is 1. The molecule has 0 spiro atoms. The van der Waals surface area contributed by atoms with E-state index >= 15 is 0 Å². The summed E-state index contributed by atoms with van der Waals surface area (Å²) in [5.74, 6) is -0.240. The highest BCUT2D eigenvalue weighted by atomic mass is 16.4. The molecule has 0 unspecified atom stereocenters. The van der Waals surface area contributed by atoms with Crippen LogP contribution in [-0.2, 0) is 6.54 Å². The van der Waals surface area contributed by atoms with E-state index in [0.717, 1.165) is 35.2 Å². The lowest BCUT2D eigenvalue weighted by Gasteiger charge is -2.23. The van der Waals surface area contributed by atoms with E-state index in [-0.39, 0.29) is 5.56 Å². The Morgan fingerprint density at radius 2 is 2.08 bits per heavy atom. The van der Waals surface area contributed by atoms with Crippen LogP contribution in [0.3, 0.4) is 0 Å². The van der Waals surface area contributed by atoms with Gasteiger partial charge in [-0.2, -0.15) is 5.10 Å². The van der Waals surface area contributed by atoms with Crippen LogP contribution in [-0.4, -0.2) is 32.4 Å². The van der Waals surface area contributed by atoms with Crippen LogP contribution in [0.5, 0.6) is 0 Å². The minimum atomic E-state index is -0.936. The number of nitrogens with zero attached hydrogens (tertiary/aromatic N) is 3. The van der Waals surface area contributed by atoms with Crippen molar-refractivity contribution in [2.45, 2.75) is 45.6 Å². The fraction of sp³-hybridized carbons (Fsp3) is 0.450. The van der Waals surface area contributed by atoms with E-state index in [2.05, 4.69) is 10.4 Å². The molecule has 1 saturated carbocycles. The van der Waals surface area contributed by atoms with Gasteiger partial charge in [0.25, 0.3) is 0 Å². The highest BCUT2D eigenvalue weighted by Crippen LogP contribution is 2.32. The molecule has 1 aliphatic rings. The highest BCUT2D eigenvalue weighted by Gasteiger charge is 2.17. The molecule has 6 nitrogen and oxygen atoms in total. The normalized spacial score (nSPS) is 15.6. The summed E-state index contributed by atoms with van der Waals surface area (Å²) in [5, 5.41) is 19.3. The number of hydrogen-bond donors (Lipinski definition) is 2. The number of benzene rings is 1. The Balaban J connectivity index is 1.80. The second-order valence-corrected chi connectivity index (χ2v) is 7.11. The number of aromatic carboxylic acids is 1. The van der Waals surface area contributed by atoms with Gasteiger partial charge in [0.2, 0.25) is 0 Å². The van der Waals surface area contributed by atoms with Crippen molar-refractivity contribution >= 4 is 33.6 Å². The average molecular weight is 352 g/mol. The van der Waals surface area contributed by atoms with Crippen molar-refractivity contribution in [2.24, 2.45) is 5.92 Å². The van der Waals surface area contributed by atoms with E-state index < -0.39 is 5.97 Å². The first-order chi connectivity index (χ1) is 12.7. The molecule has 1 aromatic carbocycles. The van der Waals surface area contributed by atoms with Crippen molar-refractivity contribution < 1.29 is 9.90 Å². The maximum absolute atomic E-state index is 11.3.